The van der Waals surface area contributed by atoms with Gasteiger partial charge in [0.1, 0.15) is 12.4 Å². The SMILES string of the molecule is C=C1C=C[C@@]2(C)C(=C1)CC[C@@H]1[C@@H]2[C@@H](O)C[C@@]2(C)[C@H]1C[C@H]1O[C@@H](c3sccc3F)O[C@]12C(=O)COC(C)(C)C. The van der Waals surface area contributed by atoms with Crippen LogP contribution < -0.4 is 0 Å². The van der Waals surface area contributed by atoms with E-state index in [1.165, 1.54) is 23.0 Å². The van der Waals surface area contributed by atoms with Crippen molar-refractivity contribution in [2.24, 2.45) is 28.6 Å². The van der Waals surface area contributed by atoms with Crippen LogP contribution in [0.5, 0.6) is 0 Å². The molecule has 1 N–H and O–H groups in total. The van der Waals surface area contributed by atoms with E-state index in [0.717, 1.165) is 18.4 Å². The van der Waals surface area contributed by atoms with E-state index in [2.05, 4.69) is 38.7 Å². The predicted molar refractivity (Wildman–Crippen MR) is 144 cm³/mol. The topological polar surface area (TPSA) is 65.0 Å². The number of carbonyl (C=O) groups excluding carboxylic acids is 1. The summed E-state index contributed by atoms with van der Waals surface area (Å²) in [7, 11) is 0. The third kappa shape index (κ3) is 3.65. The molecule has 0 amide bonds. The molecule has 1 aromatic rings. The number of rotatable bonds is 4. The number of ether oxygens (including phenoxy) is 3. The summed E-state index contributed by atoms with van der Waals surface area (Å²) < 4.78 is 33.7. The van der Waals surface area contributed by atoms with E-state index in [1.807, 2.05) is 20.8 Å². The van der Waals surface area contributed by atoms with E-state index in [1.54, 1.807) is 5.38 Å². The lowest BCUT2D eigenvalue weighted by atomic mass is 9.46. The number of halogens is 1. The highest BCUT2D eigenvalue weighted by Crippen LogP contribution is 2.70. The first-order valence-electron chi connectivity index (χ1n) is 13.8. The van der Waals surface area contributed by atoms with Gasteiger partial charge >= 0.3 is 0 Å². The second kappa shape index (κ2) is 8.68. The van der Waals surface area contributed by atoms with E-state index in [9.17, 15) is 14.3 Å². The number of fused-ring (bicyclic) bond motifs is 7. The number of Topliss-reactive ketones (excluding diaryl/α,β-unsaturated/α-hetero) is 1. The van der Waals surface area contributed by atoms with Gasteiger partial charge in [-0.3, -0.25) is 4.79 Å². The lowest BCUT2D eigenvalue weighted by Crippen LogP contribution is -2.63. The molecule has 3 saturated carbocycles. The summed E-state index contributed by atoms with van der Waals surface area (Å²) >= 11 is 1.23. The second-order valence-electron chi connectivity index (χ2n) is 13.4. The van der Waals surface area contributed by atoms with E-state index in [0.29, 0.717) is 17.7 Å². The van der Waals surface area contributed by atoms with Crippen molar-refractivity contribution in [3.8, 4) is 0 Å². The standard InChI is InChI=1S/C31H39FO5S/c1-17-9-11-29(5)18(13-17)7-8-19-20-14-24-31(23(34)16-35-28(2,3)4,30(20,6)15-22(33)25(19)29)37-27(36-24)26-21(32)10-12-38-26/h9-13,19-20,22,24-25,27,33H,1,7-8,14-16H2,2-6H3/t19-,20-,22-,24+,25+,27+,29-,30-,31+/m0/s1. The lowest BCUT2D eigenvalue weighted by molar-refractivity contribution is -0.203. The summed E-state index contributed by atoms with van der Waals surface area (Å²) in [4.78, 5) is 14.6. The molecule has 0 spiro atoms. The monoisotopic (exact) mass is 542 g/mol. The minimum Gasteiger partial charge on any atom is -0.393 e. The average Bonchev–Trinajstić information content (AvgIpc) is 3.49. The third-order valence-electron chi connectivity index (χ3n) is 10.2. The number of aliphatic hydroxyl groups excluding tert-OH is 1. The molecule has 0 aromatic carbocycles. The van der Waals surface area contributed by atoms with Gasteiger partial charge in [-0.05, 0) is 75.3 Å². The van der Waals surface area contributed by atoms with Gasteiger partial charge < -0.3 is 19.3 Å². The fourth-order valence-electron chi connectivity index (χ4n) is 8.63. The predicted octanol–water partition coefficient (Wildman–Crippen LogP) is 6.30. The minimum atomic E-state index is -1.32. The Balaban J connectivity index is 1.40. The van der Waals surface area contributed by atoms with Gasteiger partial charge in [-0.2, -0.15) is 0 Å². The molecule has 9 atom stereocenters. The Morgan fingerprint density at radius 1 is 1.34 bits per heavy atom. The van der Waals surface area contributed by atoms with Crippen LogP contribution in [0.15, 0.2) is 47.4 Å². The molecule has 1 aliphatic heterocycles. The van der Waals surface area contributed by atoms with E-state index in [-0.39, 0.29) is 41.4 Å². The Morgan fingerprint density at radius 3 is 2.79 bits per heavy atom. The molecule has 0 bridgehead atoms. The molecule has 0 radical (unpaired) electrons. The highest BCUT2D eigenvalue weighted by Gasteiger charge is 2.76. The van der Waals surface area contributed by atoms with Crippen LogP contribution in [0, 0.1) is 34.4 Å². The first-order chi connectivity index (χ1) is 17.8. The summed E-state index contributed by atoms with van der Waals surface area (Å²) in [5.41, 5.74) is -0.424. The highest BCUT2D eigenvalue weighted by molar-refractivity contribution is 7.10. The normalized spacial score (nSPS) is 43.8. The van der Waals surface area contributed by atoms with Crippen LogP contribution in [-0.4, -0.2) is 40.9 Å². The Morgan fingerprint density at radius 2 is 2.11 bits per heavy atom. The van der Waals surface area contributed by atoms with Gasteiger partial charge in [-0.25, -0.2) is 4.39 Å². The van der Waals surface area contributed by atoms with E-state index >= 15 is 0 Å². The molecule has 206 valence electrons. The van der Waals surface area contributed by atoms with Crippen LogP contribution in [0.4, 0.5) is 4.39 Å². The van der Waals surface area contributed by atoms with Crippen molar-refractivity contribution >= 4 is 17.1 Å². The van der Waals surface area contributed by atoms with Gasteiger partial charge in [0, 0.05) is 16.7 Å². The zero-order valence-electron chi connectivity index (χ0n) is 23.0. The minimum absolute atomic E-state index is 0.0345. The van der Waals surface area contributed by atoms with Crippen LogP contribution in [0.25, 0.3) is 0 Å². The maximum absolute atomic E-state index is 14.6. The van der Waals surface area contributed by atoms with Gasteiger partial charge in [-0.1, -0.05) is 44.2 Å². The van der Waals surface area contributed by atoms with E-state index < -0.39 is 35.1 Å². The molecule has 2 heterocycles. The summed E-state index contributed by atoms with van der Waals surface area (Å²) in [6, 6.07) is 1.40. The van der Waals surface area contributed by atoms with Crippen molar-refractivity contribution in [1.82, 2.24) is 0 Å². The van der Waals surface area contributed by atoms with Crippen molar-refractivity contribution in [2.75, 3.05) is 6.61 Å². The molecule has 1 aromatic heterocycles. The average molecular weight is 543 g/mol. The maximum Gasteiger partial charge on any atom is 0.197 e. The molecule has 1 saturated heterocycles. The van der Waals surface area contributed by atoms with Crippen molar-refractivity contribution < 1.29 is 28.5 Å². The molecule has 5 nitrogen and oxygen atoms in total. The maximum atomic E-state index is 14.6. The number of aliphatic hydroxyl groups is 1. The largest absolute Gasteiger partial charge is 0.393 e. The summed E-state index contributed by atoms with van der Waals surface area (Å²) in [6.07, 6.45) is 7.29. The first-order valence-corrected chi connectivity index (χ1v) is 14.7. The highest BCUT2D eigenvalue weighted by atomic mass is 32.1. The Hall–Kier alpha value is -1.64. The molecule has 4 aliphatic carbocycles. The third-order valence-corrected chi connectivity index (χ3v) is 11.2. The lowest BCUT2D eigenvalue weighted by Gasteiger charge is -2.60. The smallest absolute Gasteiger partial charge is 0.197 e. The first kappa shape index (κ1) is 26.6. The van der Waals surface area contributed by atoms with Gasteiger partial charge in [0.15, 0.2) is 17.7 Å². The Labute approximate surface area is 228 Å². The summed E-state index contributed by atoms with van der Waals surface area (Å²) in [6.45, 7) is 14.1. The van der Waals surface area contributed by atoms with Crippen LogP contribution in [-0.2, 0) is 19.0 Å². The number of hydrogen-bond acceptors (Lipinski definition) is 6. The van der Waals surface area contributed by atoms with Gasteiger partial charge in [-0.15, -0.1) is 11.3 Å². The van der Waals surface area contributed by atoms with Crippen LogP contribution >= 0.6 is 11.3 Å². The van der Waals surface area contributed by atoms with Crippen molar-refractivity contribution in [3.05, 3.63) is 58.1 Å². The van der Waals surface area contributed by atoms with Gasteiger partial charge in [0.2, 0.25) is 0 Å². The molecule has 5 aliphatic rings. The fraction of sp³-hybridized carbons (Fsp3) is 0.645. The van der Waals surface area contributed by atoms with Crippen LogP contribution in [0.3, 0.4) is 0 Å². The van der Waals surface area contributed by atoms with Gasteiger partial charge in [0.25, 0.3) is 0 Å². The van der Waals surface area contributed by atoms with Crippen LogP contribution in [0.1, 0.15) is 71.5 Å². The quantitative estimate of drug-likeness (QED) is 0.484. The number of ketones is 1. The molecular formula is C31H39FO5S. The molecule has 4 fully saturated rings. The number of allylic oxidation sites excluding steroid dienone is 5. The van der Waals surface area contributed by atoms with Crippen molar-refractivity contribution in [2.45, 2.75) is 90.0 Å². The zero-order valence-corrected chi connectivity index (χ0v) is 23.8. The Bertz CT molecular complexity index is 1230. The number of hydrogen-bond donors (Lipinski definition) is 1. The summed E-state index contributed by atoms with van der Waals surface area (Å²) in [5.74, 6) is -0.212. The van der Waals surface area contributed by atoms with Crippen molar-refractivity contribution in [1.29, 1.82) is 0 Å². The molecular weight excluding hydrogens is 503 g/mol. The van der Waals surface area contributed by atoms with E-state index in [4.69, 9.17) is 14.2 Å². The molecule has 38 heavy (non-hydrogen) atoms. The fourth-order valence-corrected chi connectivity index (χ4v) is 9.35. The Kier molecular flexibility index (Phi) is 6.07. The zero-order chi connectivity index (χ0) is 27.3. The number of thiophene rings is 1. The number of carbonyl (C=O) groups is 1. The molecule has 6 rings (SSSR count). The second-order valence-corrected chi connectivity index (χ2v) is 14.3. The summed E-state index contributed by atoms with van der Waals surface area (Å²) in [5, 5.41) is 13.5. The molecule has 0 unspecified atom stereocenters. The van der Waals surface area contributed by atoms with Crippen molar-refractivity contribution in [3.63, 3.8) is 0 Å². The molecule has 7 heteroatoms. The van der Waals surface area contributed by atoms with Gasteiger partial charge in [0.05, 0.1) is 22.7 Å². The van der Waals surface area contributed by atoms with Crippen LogP contribution in [0.2, 0.25) is 0 Å².